The van der Waals surface area contributed by atoms with E-state index in [9.17, 15) is 14.4 Å². The van der Waals surface area contributed by atoms with Gasteiger partial charge in [-0.05, 0) is 30.0 Å². The number of piperidine rings is 1. The first kappa shape index (κ1) is 20.0. The fraction of sp³-hybridized carbons (Fsp3) is 0.591. The van der Waals surface area contributed by atoms with E-state index in [1.54, 1.807) is 4.90 Å². The van der Waals surface area contributed by atoms with Gasteiger partial charge in [0.1, 0.15) is 6.04 Å². The fourth-order valence-electron chi connectivity index (χ4n) is 4.67. The lowest BCUT2D eigenvalue weighted by Crippen LogP contribution is -2.52. The number of unbranched alkanes of at least 4 members (excludes halogenated alkanes) is 1. The molecule has 3 aliphatic heterocycles. The molecule has 3 aliphatic rings. The van der Waals surface area contributed by atoms with Crippen LogP contribution in [0.2, 0.25) is 0 Å². The lowest BCUT2D eigenvalue weighted by Gasteiger charge is -2.33. The zero-order chi connectivity index (χ0) is 20.4. The topological polar surface area (TPSA) is 81.8 Å². The molecule has 2 atom stereocenters. The molecule has 2 N–H and O–H groups in total. The monoisotopic (exact) mass is 398 g/mol. The van der Waals surface area contributed by atoms with Crippen LogP contribution in [0.25, 0.3) is 0 Å². The molecule has 2 fully saturated rings. The molecule has 0 aromatic heterocycles. The summed E-state index contributed by atoms with van der Waals surface area (Å²) < 4.78 is 0. The first-order chi connectivity index (χ1) is 14.0. The number of hydrogen-bond donors (Lipinski definition) is 2. The van der Waals surface area contributed by atoms with Gasteiger partial charge in [-0.15, -0.1) is 0 Å². The Bertz CT molecular complexity index is 809. The summed E-state index contributed by atoms with van der Waals surface area (Å²) in [5.74, 6) is -0.727. The number of nitrogens with zero attached hydrogens (tertiary/aromatic N) is 2. The number of nitrogens with one attached hydrogen (secondary N) is 2. The van der Waals surface area contributed by atoms with Gasteiger partial charge < -0.3 is 10.2 Å². The molecule has 4 rings (SSSR count). The van der Waals surface area contributed by atoms with Gasteiger partial charge in [0.2, 0.25) is 11.8 Å². The van der Waals surface area contributed by atoms with Crippen LogP contribution in [0.5, 0.6) is 0 Å². The second kappa shape index (κ2) is 8.63. The number of benzene rings is 1. The fourth-order valence-corrected chi connectivity index (χ4v) is 4.67. The number of rotatable bonds is 6. The lowest BCUT2D eigenvalue weighted by molar-refractivity contribution is -0.136. The molecule has 1 unspecified atom stereocenters. The third kappa shape index (κ3) is 4.36. The Hall–Kier alpha value is -2.25. The van der Waals surface area contributed by atoms with Crippen LogP contribution >= 0.6 is 0 Å². The highest BCUT2D eigenvalue weighted by Crippen LogP contribution is 2.28. The summed E-state index contributed by atoms with van der Waals surface area (Å²) in [5.41, 5.74) is 2.87. The van der Waals surface area contributed by atoms with E-state index >= 15 is 0 Å². The van der Waals surface area contributed by atoms with Gasteiger partial charge in [-0.3, -0.25) is 24.6 Å². The maximum Gasteiger partial charge on any atom is 0.255 e. The van der Waals surface area contributed by atoms with Crippen molar-refractivity contribution in [2.24, 2.45) is 0 Å². The summed E-state index contributed by atoms with van der Waals surface area (Å²) in [6.07, 6.45) is 4.37. The highest BCUT2D eigenvalue weighted by molar-refractivity contribution is 6.05. The largest absolute Gasteiger partial charge is 0.322 e. The molecule has 7 heteroatoms. The van der Waals surface area contributed by atoms with Crippen molar-refractivity contribution in [2.45, 2.75) is 64.2 Å². The van der Waals surface area contributed by atoms with Crippen LogP contribution in [-0.2, 0) is 22.7 Å². The normalized spacial score (nSPS) is 25.3. The summed E-state index contributed by atoms with van der Waals surface area (Å²) >= 11 is 0. The molecule has 0 radical (unpaired) electrons. The molecule has 0 spiro atoms. The highest BCUT2D eigenvalue weighted by Gasteiger charge is 2.39. The van der Waals surface area contributed by atoms with Crippen molar-refractivity contribution >= 4 is 17.7 Å². The van der Waals surface area contributed by atoms with E-state index in [4.69, 9.17) is 0 Å². The Morgan fingerprint density at radius 3 is 2.86 bits per heavy atom. The molecular weight excluding hydrogens is 368 g/mol. The van der Waals surface area contributed by atoms with Crippen molar-refractivity contribution in [3.63, 3.8) is 0 Å². The van der Waals surface area contributed by atoms with Gasteiger partial charge in [-0.2, -0.15) is 0 Å². The van der Waals surface area contributed by atoms with Crippen molar-refractivity contribution in [1.82, 2.24) is 20.4 Å². The van der Waals surface area contributed by atoms with Crippen LogP contribution in [-0.4, -0.2) is 59.2 Å². The summed E-state index contributed by atoms with van der Waals surface area (Å²) in [6, 6.07) is 6.05. The van der Waals surface area contributed by atoms with Gasteiger partial charge in [0, 0.05) is 50.7 Å². The quantitative estimate of drug-likeness (QED) is 0.708. The minimum absolute atomic E-state index is 0.108. The number of piperazine rings is 1. The van der Waals surface area contributed by atoms with E-state index in [-0.39, 0.29) is 24.1 Å². The van der Waals surface area contributed by atoms with Crippen molar-refractivity contribution in [3.8, 4) is 0 Å². The Morgan fingerprint density at radius 1 is 1.21 bits per heavy atom. The van der Waals surface area contributed by atoms with Gasteiger partial charge in [0.05, 0.1) is 0 Å². The molecule has 3 heterocycles. The zero-order valence-electron chi connectivity index (χ0n) is 17.1. The minimum atomic E-state index is -0.552. The van der Waals surface area contributed by atoms with Gasteiger partial charge in [-0.1, -0.05) is 31.9 Å². The van der Waals surface area contributed by atoms with E-state index in [0.717, 1.165) is 31.7 Å². The third-order valence-electron chi connectivity index (χ3n) is 6.24. The Kier molecular flexibility index (Phi) is 5.96. The standard InChI is InChI=1S/C22H30N4O3/c1-2-3-4-17-14-25(10-9-23-17)12-15-5-6-18-16(11-15)13-26(22(18)29)19-7-8-20(27)24-21(19)28/h5-6,11,17,19,23H,2-4,7-10,12-14H2,1H3,(H,24,27,28)/t17-,19?/m0/s1. The van der Waals surface area contributed by atoms with Gasteiger partial charge in [0.25, 0.3) is 5.91 Å². The smallest absolute Gasteiger partial charge is 0.255 e. The molecule has 29 heavy (non-hydrogen) atoms. The van der Waals surface area contributed by atoms with Crippen molar-refractivity contribution in [3.05, 3.63) is 34.9 Å². The Labute approximate surface area is 171 Å². The molecule has 1 aromatic rings. The minimum Gasteiger partial charge on any atom is -0.322 e. The first-order valence-electron chi connectivity index (χ1n) is 10.8. The molecule has 1 aromatic carbocycles. The average Bonchev–Trinajstić information content (AvgIpc) is 3.02. The summed E-state index contributed by atoms with van der Waals surface area (Å²) in [5, 5.41) is 5.97. The molecule has 7 nitrogen and oxygen atoms in total. The average molecular weight is 399 g/mol. The van der Waals surface area contributed by atoms with Crippen molar-refractivity contribution in [1.29, 1.82) is 0 Å². The first-order valence-corrected chi connectivity index (χ1v) is 10.8. The number of hydrogen-bond acceptors (Lipinski definition) is 5. The van der Waals surface area contributed by atoms with E-state index in [2.05, 4.69) is 28.5 Å². The van der Waals surface area contributed by atoms with Crippen LogP contribution in [0.1, 0.15) is 60.5 Å². The molecule has 0 saturated carbocycles. The lowest BCUT2D eigenvalue weighted by atomic mass is 10.0. The third-order valence-corrected chi connectivity index (χ3v) is 6.24. The maximum absolute atomic E-state index is 12.8. The number of fused-ring (bicyclic) bond motifs is 1. The van der Waals surface area contributed by atoms with Gasteiger partial charge >= 0.3 is 0 Å². The van der Waals surface area contributed by atoms with Gasteiger partial charge in [0.15, 0.2) is 0 Å². The van der Waals surface area contributed by atoms with E-state index < -0.39 is 6.04 Å². The van der Waals surface area contributed by atoms with Crippen LogP contribution < -0.4 is 10.6 Å². The summed E-state index contributed by atoms with van der Waals surface area (Å²) in [4.78, 5) is 40.5. The maximum atomic E-state index is 12.8. The van der Waals surface area contributed by atoms with Gasteiger partial charge in [-0.25, -0.2) is 0 Å². The second-order valence-corrected chi connectivity index (χ2v) is 8.42. The molecule has 0 aliphatic carbocycles. The molecule has 0 bridgehead atoms. The Balaban J connectivity index is 1.41. The summed E-state index contributed by atoms with van der Waals surface area (Å²) in [6.45, 7) is 6.64. The number of imide groups is 1. The molecule has 3 amide bonds. The van der Waals surface area contributed by atoms with E-state index in [1.807, 2.05) is 12.1 Å². The SMILES string of the molecule is CCCC[C@H]1CN(Cc2ccc3c(c2)CN(C2CCC(=O)NC2=O)C3=O)CCN1. The predicted molar refractivity (Wildman–Crippen MR) is 109 cm³/mol. The van der Waals surface area contributed by atoms with E-state index in [1.165, 1.54) is 24.8 Å². The number of amides is 3. The Morgan fingerprint density at radius 2 is 2.07 bits per heavy atom. The summed E-state index contributed by atoms with van der Waals surface area (Å²) in [7, 11) is 0. The van der Waals surface area contributed by atoms with Crippen LogP contribution in [0.4, 0.5) is 0 Å². The van der Waals surface area contributed by atoms with E-state index in [0.29, 0.717) is 24.6 Å². The van der Waals surface area contributed by atoms with Crippen molar-refractivity contribution < 1.29 is 14.4 Å². The molecule has 156 valence electrons. The van der Waals surface area contributed by atoms with Crippen LogP contribution in [0.3, 0.4) is 0 Å². The highest BCUT2D eigenvalue weighted by atomic mass is 16.2. The van der Waals surface area contributed by atoms with Crippen LogP contribution in [0.15, 0.2) is 18.2 Å². The van der Waals surface area contributed by atoms with Crippen molar-refractivity contribution in [2.75, 3.05) is 19.6 Å². The predicted octanol–water partition coefficient (Wildman–Crippen LogP) is 1.41. The zero-order valence-corrected chi connectivity index (χ0v) is 17.1. The number of carbonyl (C=O) groups excluding carboxylic acids is 3. The second-order valence-electron chi connectivity index (χ2n) is 8.42. The number of carbonyl (C=O) groups is 3. The molecule has 2 saturated heterocycles. The van der Waals surface area contributed by atoms with Crippen LogP contribution in [0, 0.1) is 0 Å². The molecular formula is C22H30N4O3.